The quantitative estimate of drug-likeness (QED) is 0.738. The number of amides is 1. The molecule has 3 N–H and O–H groups in total. The van der Waals surface area contributed by atoms with Gasteiger partial charge in [0.25, 0.3) is 0 Å². The normalized spacial score (nSPS) is 12.4. The number of ether oxygens (including phenoxy) is 1. The van der Waals surface area contributed by atoms with E-state index in [2.05, 4.69) is 5.32 Å². The Hall–Kier alpha value is -2.37. The fourth-order valence-electron chi connectivity index (χ4n) is 2.54. The Balaban J connectivity index is 0.00000312. The SMILES string of the molecule is COC(=O)C(Cc1ccccc1)NC(=O)C(CN)c1ccccc1.Cl. The van der Waals surface area contributed by atoms with Gasteiger partial charge in [0.15, 0.2) is 0 Å². The zero-order chi connectivity index (χ0) is 17.4. The minimum atomic E-state index is -0.748. The molecule has 0 saturated heterocycles. The Kier molecular flexibility index (Phi) is 8.67. The summed E-state index contributed by atoms with van der Waals surface area (Å²) in [4.78, 5) is 24.6. The topological polar surface area (TPSA) is 81.4 Å². The molecule has 0 heterocycles. The summed E-state index contributed by atoms with van der Waals surface area (Å²) in [5, 5.41) is 2.77. The van der Waals surface area contributed by atoms with E-state index in [4.69, 9.17) is 10.5 Å². The van der Waals surface area contributed by atoms with Crippen LogP contribution in [0.15, 0.2) is 60.7 Å². The molecular formula is C19H23ClN2O3. The Morgan fingerprint density at radius 1 is 1.04 bits per heavy atom. The van der Waals surface area contributed by atoms with E-state index in [1.165, 1.54) is 7.11 Å². The average Bonchev–Trinajstić information content (AvgIpc) is 2.63. The van der Waals surface area contributed by atoms with Crippen molar-refractivity contribution < 1.29 is 14.3 Å². The highest BCUT2D eigenvalue weighted by atomic mass is 35.5. The van der Waals surface area contributed by atoms with Crippen LogP contribution in [0.1, 0.15) is 17.0 Å². The zero-order valence-corrected chi connectivity index (χ0v) is 14.9. The molecule has 0 aromatic heterocycles. The average molecular weight is 363 g/mol. The summed E-state index contributed by atoms with van der Waals surface area (Å²) in [6.07, 6.45) is 0.366. The van der Waals surface area contributed by atoms with Crippen LogP contribution in [-0.4, -0.2) is 31.6 Å². The van der Waals surface area contributed by atoms with Gasteiger partial charge in [0, 0.05) is 13.0 Å². The Bertz CT molecular complexity index is 665. The van der Waals surface area contributed by atoms with Crippen LogP contribution in [0.25, 0.3) is 0 Å². The second kappa shape index (κ2) is 10.5. The number of benzene rings is 2. The van der Waals surface area contributed by atoms with Gasteiger partial charge in [-0.2, -0.15) is 0 Å². The van der Waals surface area contributed by atoms with Crippen LogP contribution in [0, 0.1) is 0 Å². The summed E-state index contributed by atoms with van der Waals surface area (Å²) in [5.74, 6) is -1.26. The Morgan fingerprint density at radius 2 is 1.60 bits per heavy atom. The Labute approximate surface area is 154 Å². The first-order chi connectivity index (χ1) is 11.7. The van der Waals surface area contributed by atoms with Crippen molar-refractivity contribution in [3.8, 4) is 0 Å². The summed E-state index contributed by atoms with van der Waals surface area (Å²) in [6, 6.07) is 18.0. The van der Waals surface area contributed by atoms with Crippen molar-refractivity contribution in [3.63, 3.8) is 0 Å². The third-order valence-electron chi connectivity index (χ3n) is 3.84. The van der Waals surface area contributed by atoms with Crippen molar-refractivity contribution >= 4 is 24.3 Å². The lowest BCUT2D eigenvalue weighted by Gasteiger charge is -2.21. The smallest absolute Gasteiger partial charge is 0.328 e. The van der Waals surface area contributed by atoms with Crippen molar-refractivity contribution in [3.05, 3.63) is 71.8 Å². The third kappa shape index (κ3) is 5.89. The molecule has 2 aromatic rings. The van der Waals surface area contributed by atoms with E-state index in [1.807, 2.05) is 60.7 Å². The molecule has 2 unspecified atom stereocenters. The van der Waals surface area contributed by atoms with Crippen LogP contribution < -0.4 is 11.1 Å². The minimum absolute atomic E-state index is 0. The van der Waals surface area contributed by atoms with Crippen LogP contribution in [0.5, 0.6) is 0 Å². The second-order valence-corrected chi connectivity index (χ2v) is 5.47. The Morgan fingerprint density at radius 3 is 2.12 bits per heavy atom. The summed E-state index contributed by atoms with van der Waals surface area (Å²) >= 11 is 0. The van der Waals surface area contributed by atoms with E-state index >= 15 is 0 Å². The number of hydrogen-bond donors (Lipinski definition) is 2. The van der Waals surface area contributed by atoms with E-state index in [-0.39, 0.29) is 24.9 Å². The van der Waals surface area contributed by atoms with Crippen LogP contribution in [0.3, 0.4) is 0 Å². The largest absolute Gasteiger partial charge is 0.467 e. The molecule has 0 saturated carbocycles. The van der Waals surface area contributed by atoms with Crippen molar-refractivity contribution in [2.75, 3.05) is 13.7 Å². The number of halogens is 1. The molecule has 0 bridgehead atoms. The van der Waals surface area contributed by atoms with Gasteiger partial charge >= 0.3 is 5.97 Å². The van der Waals surface area contributed by atoms with Gasteiger partial charge in [-0.3, -0.25) is 4.79 Å². The molecule has 2 atom stereocenters. The van der Waals surface area contributed by atoms with Crippen LogP contribution in [-0.2, 0) is 20.7 Å². The third-order valence-corrected chi connectivity index (χ3v) is 3.84. The maximum absolute atomic E-state index is 12.6. The van der Waals surface area contributed by atoms with Crippen molar-refractivity contribution in [1.82, 2.24) is 5.32 Å². The number of nitrogens with one attached hydrogen (secondary N) is 1. The molecule has 0 spiro atoms. The number of rotatable bonds is 7. The summed E-state index contributed by atoms with van der Waals surface area (Å²) < 4.78 is 4.82. The van der Waals surface area contributed by atoms with Crippen LogP contribution >= 0.6 is 12.4 Å². The maximum atomic E-state index is 12.6. The molecule has 6 heteroatoms. The standard InChI is InChI=1S/C19H22N2O3.ClH/c1-24-19(23)17(12-14-8-4-2-5-9-14)21-18(22)16(13-20)15-10-6-3-7-11-15;/h2-11,16-17H,12-13,20H2,1H3,(H,21,22);1H. The summed E-state index contributed by atoms with van der Waals surface area (Å²) in [5.41, 5.74) is 7.53. The first-order valence-electron chi connectivity index (χ1n) is 7.82. The van der Waals surface area contributed by atoms with Crippen LogP contribution in [0.2, 0.25) is 0 Å². The monoisotopic (exact) mass is 362 g/mol. The van der Waals surface area contributed by atoms with Crippen LogP contribution in [0.4, 0.5) is 0 Å². The number of esters is 1. The fourth-order valence-corrected chi connectivity index (χ4v) is 2.54. The van der Waals surface area contributed by atoms with Gasteiger partial charge < -0.3 is 15.8 Å². The van der Waals surface area contributed by atoms with E-state index in [0.29, 0.717) is 6.42 Å². The summed E-state index contributed by atoms with van der Waals surface area (Å²) in [6.45, 7) is 0.162. The zero-order valence-electron chi connectivity index (χ0n) is 14.1. The molecule has 2 aromatic carbocycles. The predicted octanol–water partition coefficient (Wildman–Crippen LogP) is 2.05. The number of nitrogens with two attached hydrogens (primary N) is 1. The molecule has 0 aliphatic carbocycles. The molecule has 0 fully saturated rings. The number of methoxy groups -OCH3 is 1. The minimum Gasteiger partial charge on any atom is -0.467 e. The predicted molar refractivity (Wildman–Crippen MR) is 99.6 cm³/mol. The molecule has 1 amide bonds. The molecule has 2 rings (SSSR count). The van der Waals surface area contributed by atoms with Crippen molar-refractivity contribution in [2.45, 2.75) is 18.4 Å². The van der Waals surface area contributed by atoms with Gasteiger partial charge in [-0.25, -0.2) is 4.79 Å². The highest BCUT2D eigenvalue weighted by Crippen LogP contribution is 2.15. The molecule has 134 valence electrons. The van der Waals surface area contributed by atoms with E-state index in [0.717, 1.165) is 11.1 Å². The fraction of sp³-hybridized carbons (Fsp3) is 0.263. The lowest BCUT2D eigenvalue weighted by Crippen LogP contribution is -2.46. The molecule has 0 aliphatic heterocycles. The highest BCUT2D eigenvalue weighted by Gasteiger charge is 2.26. The van der Waals surface area contributed by atoms with Crippen molar-refractivity contribution in [1.29, 1.82) is 0 Å². The van der Waals surface area contributed by atoms with Crippen molar-refractivity contribution in [2.24, 2.45) is 5.73 Å². The molecule has 0 aliphatic rings. The molecule has 25 heavy (non-hydrogen) atoms. The van der Waals surface area contributed by atoms with E-state index < -0.39 is 17.9 Å². The van der Waals surface area contributed by atoms with Gasteiger partial charge in [0.1, 0.15) is 6.04 Å². The van der Waals surface area contributed by atoms with Gasteiger partial charge in [-0.1, -0.05) is 60.7 Å². The maximum Gasteiger partial charge on any atom is 0.328 e. The molecule has 0 radical (unpaired) electrons. The van der Waals surface area contributed by atoms with Gasteiger partial charge in [0.05, 0.1) is 13.0 Å². The summed E-state index contributed by atoms with van der Waals surface area (Å²) in [7, 11) is 1.31. The number of carbonyl (C=O) groups excluding carboxylic acids is 2. The first-order valence-corrected chi connectivity index (χ1v) is 7.82. The van der Waals surface area contributed by atoms with Gasteiger partial charge in [-0.05, 0) is 11.1 Å². The lowest BCUT2D eigenvalue weighted by molar-refractivity contribution is -0.145. The van der Waals surface area contributed by atoms with E-state index in [1.54, 1.807) is 0 Å². The number of carbonyl (C=O) groups is 2. The highest BCUT2D eigenvalue weighted by molar-refractivity contribution is 5.89. The molecule has 5 nitrogen and oxygen atoms in total. The lowest BCUT2D eigenvalue weighted by atomic mass is 9.97. The van der Waals surface area contributed by atoms with Gasteiger partial charge in [0.2, 0.25) is 5.91 Å². The number of hydrogen-bond acceptors (Lipinski definition) is 4. The second-order valence-electron chi connectivity index (χ2n) is 5.47. The van der Waals surface area contributed by atoms with E-state index in [9.17, 15) is 9.59 Å². The molecular weight excluding hydrogens is 340 g/mol. The first kappa shape index (κ1) is 20.7. The van der Waals surface area contributed by atoms with Gasteiger partial charge in [-0.15, -0.1) is 12.4 Å².